The number of carbonyl (C=O) groups is 2. The Morgan fingerprint density at radius 2 is 1.06 bits per heavy atom. The van der Waals surface area contributed by atoms with Crippen molar-refractivity contribution in [3.63, 3.8) is 0 Å². The highest BCUT2D eigenvalue weighted by Crippen LogP contribution is 2.30. The van der Waals surface area contributed by atoms with Crippen molar-refractivity contribution < 1.29 is 19.1 Å². The van der Waals surface area contributed by atoms with Gasteiger partial charge in [0.15, 0.2) is 0 Å². The summed E-state index contributed by atoms with van der Waals surface area (Å²) in [5.74, 6) is -0.147. The lowest BCUT2D eigenvalue weighted by Crippen LogP contribution is -2.28. The summed E-state index contributed by atoms with van der Waals surface area (Å²) in [6.45, 7) is 1.08. The van der Waals surface area contributed by atoms with Crippen molar-refractivity contribution >= 4 is 11.9 Å². The number of carbonyl (C=O) groups excluding carboxylic acids is 2. The van der Waals surface area contributed by atoms with Gasteiger partial charge in [0.05, 0.1) is 25.0 Å². The molecule has 0 radical (unpaired) electrons. The van der Waals surface area contributed by atoms with E-state index < -0.39 is 0 Å². The molecular formula is C14H22O4. The van der Waals surface area contributed by atoms with E-state index in [4.69, 9.17) is 9.47 Å². The molecule has 0 unspecified atom stereocenters. The van der Waals surface area contributed by atoms with Crippen molar-refractivity contribution in [2.75, 3.05) is 13.2 Å². The molecule has 0 amide bonds. The molecule has 2 saturated heterocycles. The highest BCUT2D eigenvalue weighted by atomic mass is 16.5. The second-order valence-electron chi connectivity index (χ2n) is 5.30. The third-order valence-corrected chi connectivity index (χ3v) is 3.92. The van der Waals surface area contributed by atoms with Gasteiger partial charge in [0, 0.05) is 0 Å². The Balaban J connectivity index is 1.90. The fourth-order valence-corrected chi connectivity index (χ4v) is 2.70. The van der Waals surface area contributed by atoms with E-state index in [1.165, 1.54) is 0 Å². The van der Waals surface area contributed by atoms with E-state index in [0.717, 1.165) is 51.4 Å². The van der Waals surface area contributed by atoms with Crippen molar-refractivity contribution in [3.8, 4) is 0 Å². The molecule has 2 bridgehead atoms. The minimum Gasteiger partial charge on any atom is -0.465 e. The Hall–Kier alpha value is -1.06. The third kappa shape index (κ3) is 3.72. The van der Waals surface area contributed by atoms with E-state index in [-0.39, 0.29) is 23.8 Å². The molecule has 0 aromatic carbocycles. The van der Waals surface area contributed by atoms with Crippen LogP contribution in [0.25, 0.3) is 0 Å². The molecule has 3 rings (SSSR count). The number of rotatable bonds is 0. The van der Waals surface area contributed by atoms with Crippen LogP contribution in [0.3, 0.4) is 0 Å². The predicted molar refractivity (Wildman–Crippen MR) is 65.8 cm³/mol. The van der Waals surface area contributed by atoms with Gasteiger partial charge in [-0.15, -0.1) is 0 Å². The minimum atomic E-state index is -0.0705. The fourth-order valence-electron chi connectivity index (χ4n) is 2.70. The Morgan fingerprint density at radius 1 is 0.667 bits per heavy atom. The summed E-state index contributed by atoms with van der Waals surface area (Å²) >= 11 is 0. The van der Waals surface area contributed by atoms with E-state index in [2.05, 4.69) is 0 Å². The van der Waals surface area contributed by atoms with Crippen LogP contribution in [0, 0.1) is 11.8 Å². The topological polar surface area (TPSA) is 52.6 Å². The zero-order valence-corrected chi connectivity index (χ0v) is 10.9. The predicted octanol–water partition coefficient (Wildman–Crippen LogP) is 2.45. The van der Waals surface area contributed by atoms with Crippen LogP contribution in [0.4, 0.5) is 0 Å². The summed E-state index contributed by atoms with van der Waals surface area (Å²) in [6, 6.07) is 0. The maximum Gasteiger partial charge on any atom is 0.308 e. The van der Waals surface area contributed by atoms with E-state index in [9.17, 15) is 9.59 Å². The fraction of sp³-hybridized carbons (Fsp3) is 0.857. The molecule has 1 saturated carbocycles. The molecule has 0 spiro atoms. The maximum atomic E-state index is 11.8. The number of hydrogen-bond donors (Lipinski definition) is 0. The molecule has 3 fully saturated rings. The Kier molecular flexibility index (Phi) is 5.02. The zero-order chi connectivity index (χ0) is 12.8. The number of ether oxygens (including phenoxy) is 2. The van der Waals surface area contributed by atoms with Crippen LogP contribution < -0.4 is 0 Å². The molecule has 1 aliphatic carbocycles. The second kappa shape index (κ2) is 6.76. The highest BCUT2D eigenvalue weighted by Gasteiger charge is 2.31. The van der Waals surface area contributed by atoms with E-state index in [1.54, 1.807) is 0 Å². The lowest BCUT2D eigenvalue weighted by atomic mass is 9.82. The standard InChI is InChI=1S/C14H22O4/c15-13-11-5-7-12(8-6-11)14(16)18-10-4-2-1-3-9-17-13/h11-12H,1-10H2. The van der Waals surface area contributed by atoms with Crippen LogP contribution in [-0.2, 0) is 19.1 Å². The van der Waals surface area contributed by atoms with Gasteiger partial charge in [0.2, 0.25) is 0 Å². The lowest BCUT2D eigenvalue weighted by molar-refractivity contribution is -0.155. The summed E-state index contributed by atoms with van der Waals surface area (Å²) in [6.07, 6.45) is 6.93. The Labute approximate surface area is 108 Å². The summed E-state index contributed by atoms with van der Waals surface area (Å²) in [5, 5.41) is 0. The smallest absolute Gasteiger partial charge is 0.308 e. The minimum absolute atomic E-state index is 0.00279. The van der Waals surface area contributed by atoms with Gasteiger partial charge in [-0.25, -0.2) is 0 Å². The van der Waals surface area contributed by atoms with Gasteiger partial charge < -0.3 is 9.47 Å². The normalized spacial score (nSPS) is 31.3. The van der Waals surface area contributed by atoms with Gasteiger partial charge in [0.25, 0.3) is 0 Å². The van der Waals surface area contributed by atoms with Crippen molar-refractivity contribution in [2.45, 2.75) is 51.4 Å². The van der Waals surface area contributed by atoms with Crippen molar-refractivity contribution in [2.24, 2.45) is 11.8 Å². The molecule has 0 aromatic rings. The summed E-state index contributed by atoms with van der Waals surface area (Å²) in [5.41, 5.74) is 0. The molecule has 2 aliphatic heterocycles. The van der Waals surface area contributed by atoms with Crippen molar-refractivity contribution in [1.29, 1.82) is 0 Å². The first-order valence-corrected chi connectivity index (χ1v) is 7.10. The molecule has 102 valence electrons. The molecule has 0 atom stereocenters. The largest absolute Gasteiger partial charge is 0.465 e. The Morgan fingerprint density at radius 3 is 1.44 bits per heavy atom. The van der Waals surface area contributed by atoms with Crippen LogP contribution in [0.2, 0.25) is 0 Å². The van der Waals surface area contributed by atoms with E-state index in [1.807, 2.05) is 0 Å². The molecule has 0 aromatic heterocycles. The molecule has 2 heterocycles. The van der Waals surface area contributed by atoms with Crippen molar-refractivity contribution in [3.05, 3.63) is 0 Å². The summed E-state index contributed by atoms with van der Waals surface area (Å²) in [4.78, 5) is 23.6. The van der Waals surface area contributed by atoms with Gasteiger partial charge in [-0.05, 0) is 51.4 Å². The van der Waals surface area contributed by atoms with Gasteiger partial charge in [-0.1, -0.05) is 0 Å². The quantitative estimate of drug-likeness (QED) is 0.623. The lowest BCUT2D eigenvalue weighted by Gasteiger charge is -2.26. The Bertz CT molecular complexity index is 262. The summed E-state index contributed by atoms with van der Waals surface area (Å²) in [7, 11) is 0. The first-order valence-electron chi connectivity index (χ1n) is 7.10. The van der Waals surface area contributed by atoms with Gasteiger partial charge in [-0.2, -0.15) is 0 Å². The van der Waals surface area contributed by atoms with Crippen molar-refractivity contribution in [1.82, 2.24) is 0 Å². The maximum absolute atomic E-state index is 11.8. The molecule has 4 nitrogen and oxygen atoms in total. The average molecular weight is 254 g/mol. The number of hydrogen-bond acceptors (Lipinski definition) is 4. The monoisotopic (exact) mass is 254 g/mol. The van der Waals surface area contributed by atoms with Crippen LogP contribution in [-0.4, -0.2) is 25.2 Å². The van der Waals surface area contributed by atoms with Crippen LogP contribution >= 0.6 is 0 Å². The first-order chi connectivity index (χ1) is 8.77. The summed E-state index contributed by atoms with van der Waals surface area (Å²) < 4.78 is 10.6. The van der Waals surface area contributed by atoms with Gasteiger partial charge >= 0.3 is 11.9 Å². The number of fused-ring (bicyclic) bond motifs is 11. The van der Waals surface area contributed by atoms with Gasteiger partial charge in [0.1, 0.15) is 0 Å². The molecular weight excluding hydrogens is 232 g/mol. The van der Waals surface area contributed by atoms with Crippen LogP contribution in [0.15, 0.2) is 0 Å². The average Bonchev–Trinajstić information content (AvgIpc) is 2.40. The van der Waals surface area contributed by atoms with Crippen LogP contribution in [0.1, 0.15) is 51.4 Å². The van der Waals surface area contributed by atoms with E-state index >= 15 is 0 Å². The van der Waals surface area contributed by atoms with Gasteiger partial charge in [-0.3, -0.25) is 9.59 Å². The zero-order valence-electron chi connectivity index (χ0n) is 10.9. The second-order valence-corrected chi connectivity index (χ2v) is 5.30. The molecule has 3 aliphatic rings. The first kappa shape index (κ1) is 13.4. The SMILES string of the molecule is O=C1OCCCCCCOC(=O)C2CCC1CC2. The molecule has 4 heteroatoms. The van der Waals surface area contributed by atoms with E-state index in [0.29, 0.717) is 13.2 Å². The highest BCUT2D eigenvalue weighted by molar-refractivity contribution is 5.75. The molecule has 18 heavy (non-hydrogen) atoms. The van der Waals surface area contributed by atoms with Crippen LogP contribution in [0.5, 0.6) is 0 Å². The number of esters is 2. The third-order valence-electron chi connectivity index (χ3n) is 3.92. The molecule has 0 N–H and O–H groups in total.